The van der Waals surface area contributed by atoms with E-state index in [-0.39, 0.29) is 22.9 Å². The standard InChI is InChI=1S/C27H25N5O3S/c1-17-4-6-20(7-5-17)23-15-22(19-8-10-21(35-3)11-9-19)30-32(23)25(33)16-36-26-28-24-14-18(2)12-13-31(24)27(34)29-26/h4-14,23H,15-16H2,1-3H3/t23-/m0/s1. The zero-order valence-electron chi connectivity index (χ0n) is 20.2. The lowest BCUT2D eigenvalue weighted by Gasteiger charge is -2.22. The fourth-order valence-electron chi connectivity index (χ4n) is 4.10. The van der Waals surface area contributed by atoms with Crippen molar-refractivity contribution in [3.63, 3.8) is 0 Å². The SMILES string of the molecule is COc1ccc(C2=NN(C(=O)CSc3nc(=O)n4ccc(C)cc4n3)[C@H](c3ccc(C)cc3)C2)cc1. The molecule has 1 aliphatic heterocycles. The first-order valence-electron chi connectivity index (χ1n) is 11.5. The van der Waals surface area contributed by atoms with Gasteiger partial charge in [0, 0.05) is 12.6 Å². The van der Waals surface area contributed by atoms with Gasteiger partial charge in [-0.1, -0.05) is 41.6 Å². The minimum Gasteiger partial charge on any atom is -0.497 e. The van der Waals surface area contributed by atoms with Crippen LogP contribution in [0, 0.1) is 13.8 Å². The maximum Gasteiger partial charge on any atom is 0.355 e. The lowest BCUT2D eigenvalue weighted by Crippen LogP contribution is -2.29. The Hall–Kier alpha value is -3.98. The summed E-state index contributed by atoms with van der Waals surface area (Å²) >= 11 is 1.14. The molecule has 0 saturated carbocycles. The summed E-state index contributed by atoms with van der Waals surface area (Å²) in [5.41, 5.74) is 5.00. The molecule has 182 valence electrons. The normalized spacial score (nSPS) is 15.2. The summed E-state index contributed by atoms with van der Waals surface area (Å²) in [6.07, 6.45) is 2.25. The van der Waals surface area contributed by atoms with E-state index in [1.165, 1.54) is 4.40 Å². The number of benzene rings is 2. The number of thioether (sulfide) groups is 1. The number of amides is 1. The average Bonchev–Trinajstić information content (AvgIpc) is 3.33. The Labute approximate surface area is 212 Å². The van der Waals surface area contributed by atoms with Crippen LogP contribution in [-0.4, -0.2) is 43.9 Å². The number of aromatic nitrogens is 3. The number of hydrogen-bond donors (Lipinski definition) is 0. The maximum atomic E-state index is 13.4. The third-order valence-electron chi connectivity index (χ3n) is 6.07. The molecule has 36 heavy (non-hydrogen) atoms. The zero-order chi connectivity index (χ0) is 25.2. The van der Waals surface area contributed by atoms with E-state index in [0.29, 0.717) is 12.1 Å². The van der Waals surface area contributed by atoms with E-state index in [4.69, 9.17) is 9.84 Å². The number of aryl methyl sites for hydroxylation is 2. The molecule has 4 aromatic rings. The van der Waals surface area contributed by atoms with E-state index >= 15 is 0 Å². The average molecular weight is 500 g/mol. The quantitative estimate of drug-likeness (QED) is 0.370. The fourth-order valence-corrected chi connectivity index (χ4v) is 4.79. The van der Waals surface area contributed by atoms with Crippen LogP contribution in [0.5, 0.6) is 5.75 Å². The van der Waals surface area contributed by atoms with Crippen molar-refractivity contribution in [3.8, 4) is 5.75 Å². The largest absolute Gasteiger partial charge is 0.497 e. The van der Waals surface area contributed by atoms with E-state index < -0.39 is 5.69 Å². The summed E-state index contributed by atoms with van der Waals surface area (Å²) in [6, 6.07) is 19.2. The number of nitrogens with zero attached hydrogens (tertiary/aromatic N) is 5. The Morgan fingerprint density at radius 1 is 1.03 bits per heavy atom. The van der Waals surface area contributed by atoms with Crippen molar-refractivity contribution < 1.29 is 9.53 Å². The molecule has 0 fully saturated rings. The first-order chi connectivity index (χ1) is 17.4. The number of rotatable bonds is 6. The number of hydrazone groups is 1. The summed E-state index contributed by atoms with van der Waals surface area (Å²) in [6.45, 7) is 3.96. The number of carbonyl (C=O) groups is 1. The van der Waals surface area contributed by atoms with Gasteiger partial charge in [0.15, 0.2) is 5.16 Å². The predicted molar refractivity (Wildman–Crippen MR) is 140 cm³/mol. The number of hydrogen-bond acceptors (Lipinski definition) is 7. The van der Waals surface area contributed by atoms with Gasteiger partial charge in [-0.3, -0.25) is 9.20 Å². The third kappa shape index (κ3) is 4.87. The van der Waals surface area contributed by atoms with Crippen LogP contribution in [-0.2, 0) is 4.79 Å². The molecule has 0 spiro atoms. The third-order valence-corrected chi connectivity index (χ3v) is 6.91. The first-order valence-corrected chi connectivity index (χ1v) is 12.5. The van der Waals surface area contributed by atoms with E-state index in [2.05, 4.69) is 9.97 Å². The Bertz CT molecular complexity index is 1510. The minimum atomic E-state index is -0.423. The fraction of sp³-hybridized carbons (Fsp3) is 0.222. The van der Waals surface area contributed by atoms with Gasteiger partial charge in [-0.15, -0.1) is 0 Å². The van der Waals surface area contributed by atoms with E-state index in [1.54, 1.807) is 18.3 Å². The highest BCUT2D eigenvalue weighted by molar-refractivity contribution is 7.99. The molecule has 1 aliphatic rings. The molecule has 1 atom stereocenters. The van der Waals surface area contributed by atoms with Gasteiger partial charge in [-0.2, -0.15) is 10.1 Å². The molecular formula is C27H25N5O3S. The second kappa shape index (κ2) is 9.94. The minimum absolute atomic E-state index is 0.0587. The second-order valence-electron chi connectivity index (χ2n) is 8.65. The van der Waals surface area contributed by atoms with Crippen LogP contribution in [0.4, 0.5) is 0 Å². The van der Waals surface area contributed by atoms with Crippen LogP contribution in [0.25, 0.3) is 5.65 Å². The molecule has 0 aliphatic carbocycles. The van der Waals surface area contributed by atoms with Crippen molar-refractivity contribution in [2.75, 3.05) is 12.9 Å². The molecule has 0 bridgehead atoms. The molecule has 3 heterocycles. The maximum absolute atomic E-state index is 13.4. The van der Waals surface area contributed by atoms with Crippen LogP contribution < -0.4 is 10.4 Å². The van der Waals surface area contributed by atoms with Gasteiger partial charge in [0.05, 0.1) is 24.6 Å². The van der Waals surface area contributed by atoms with Crippen molar-refractivity contribution in [2.45, 2.75) is 31.5 Å². The van der Waals surface area contributed by atoms with Gasteiger partial charge in [0.25, 0.3) is 5.91 Å². The first kappa shape index (κ1) is 23.7. The molecular weight excluding hydrogens is 474 g/mol. The van der Waals surface area contributed by atoms with E-state index in [0.717, 1.165) is 45.5 Å². The van der Waals surface area contributed by atoms with Gasteiger partial charge in [-0.05, 0) is 66.9 Å². The van der Waals surface area contributed by atoms with Crippen LogP contribution in [0.1, 0.15) is 34.7 Å². The lowest BCUT2D eigenvalue weighted by atomic mass is 9.97. The molecule has 2 aromatic carbocycles. The molecule has 2 aromatic heterocycles. The molecule has 9 heteroatoms. The summed E-state index contributed by atoms with van der Waals surface area (Å²) < 4.78 is 6.65. The van der Waals surface area contributed by atoms with Gasteiger partial charge in [0.2, 0.25) is 0 Å². The highest BCUT2D eigenvalue weighted by Crippen LogP contribution is 2.34. The molecule has 0 N–H and O–H groups in total. The van der Waals surface area contributed by atoms with Crippen molar-refractivity contribution >= 4 is 29.0 Å². The lowest BCUT2D eigenvalue weighted by molar-refractivity contribution is -0.130. The van der Waals surface area contributed by atoms with Crippen LogP contribution in [0.3, 0.4) is 0 Å². The molecule has 0 saturated heterocycles. The van der Waals surface area contributed by atoms with Gasteiger partial charge in [-0.25, -0.2) is 14.8 Å². The van der Waals surface area contributed by atoms with Crippen molar-refractivity contribution in [2.24, 2.45) is 5.10 Å². The Balaban J connectivity index is 1.40. The predicted octanol–water partition coefficient (Wildman–Crippen LogP) is 4.18. The van der Waals surface area contributed by atoms with Gasteiger partial charge >= 0.3 is 5.69 Å². The van der Waals surface area contributed by atoms with Gasteiger partial charge < -0.3 is 4.74 Å². The summed E-state index contributed by atoms with van der Waals surface area (Å²) in [5, 5.41) is 6.54. The number of carbonyl (C=O) groups excluding carboxylic acids is 1. The highest BCUT2D eigenvalue weighted by Gasteiger charge is 2.33. The van der Waals surface area contributed by atoms with E-state index in [1.807, 2.05) is 74.5 Å². The number of ether oxygens (including phenoxy) is 1. The molecule has 8 nitrogen and oxygen atoms in total. The molecule has 5 rings (SSSR count). The number of fused-ring (bicyclic) bond motifs is 1. The monoisotopic (exact) mass is 499 g/mol. The summed E-state index contributed by atoms with van der Waals surface area (Å²) in [5.74, 6) is 0.642. The molecule has 0 unspecified atom stereocenters. The number of pyridine rings is 1. The van der Waals surface area contributed by atoms with Crippen LogP contribution >= 0.6 is 11.8 Å². The molecule has 1 amide bonds. The Morgan fingerprint density at radius 3 is 2.50 bits per heavy atom. The van der Waals surface area contributed by atoms with Crippen molar-refractivity contribution in [3.05, 3.63) is 99.6 Å². The zero-order valence-corrected chi connectivity index (χ0v) is 21.0. The topological polar surface area (TPSA) is 89.2 Å². The summed E-state index contributed by atoms with van der Waals surface area (Å²) in [7, 11) is 1.63. The summed E-state index contributed by atoms with van der Waals surface area (Å²) in [4.78, 5) is 34.3. The molecule has 0 radical (unpaired) electrons. The smallest absolute Gasteiger partial charge is 0.355 e. The van der Waals surface area contributed by atoms with Gasteiger partial charge in [0.1, 0.15) is 11.4 Å². The van der Waals surface area contributed by atoms with E-state index in [9.17, 15) is 9.59 Å². The van der Waals surface area contributed by atoms with Crippen LogP contribution in [0.2, 0.25) is 0 Å². The van der Waals surface area contributed by atoms with Crippen molar-refractivity contribution in [1.82, 2.24) is 19.4 Å². The number of methoxy groups -OCH3 is 1. The highest BCUT2D eigenvalue weighted by atomic mass is 32.2. The van der Waals surface area contributed by atoms with Crippen LogP contribution in [0.15, 0.2) is 81.9 Å². The van der Waals surface area contributed by atoms with Crippen molar-refractivity contribution in [1.29, 1.82) is 0 Å². The Morgan fingerprint density at radius 2 is 1.78 bits per heavy atom. The Kier molecular flexibility index (Phi) is 6.56. The second-order valence-corrected chi connectivity index (χ2v) is 9.60.